The predicted molar refractivity (Wildman–Crippen MR) is 138 cm³/mol. The van der Waals surface area contributed by atoms with Gasteiger partial charge in [0.05, 0.1) is 27.0 Å². The summed E-state index contributed by atoms with van der Waals surface area (Å²) in [6.07, 6.45) is 1.45. The third-order valence-electron chi connectivity index (χ3n) is 5.02. The largest absolute Gasteiger partial charge is 0.352 e. The fourth-order valence-corrected chi connectivity index (χ4v) is 4.82. The molecule has 0 aromatic heterocycles. The van der Waals surface area contributed by atoms with Crippen molar-refractivity contribution in [2.24, 2.45) is 0 Å². The first-order valence-electron chi connectivity index (χ1n) is 10.6. The molecule has 0 spiro atoms. The number of anilines is 1. The quantitative estimate of drug-likeness (QED) is 0.446. The van der Waals surface area contributed by atoms with E-state index in [0.29, 0.717) is 6.42 Å². The van der Waals surface area contributed by atoms with Crippen LogP contribution in [0, 0.1) is 0 Å². The van der Waals surface area contributed by atoms with Crippen molar-refractivity contribution in [1.82, 2.24) is 10.2 Å². The molecule has 2 aromatic carbocycles. The molecule has 1 atom stereocenters. The van der Waals surface area contributed by atoms with Crippen LogP contribution in [0.25, 0.3) is 0 Å². The summed E-state index contributed by atoms with van der Waals surface area (Å²) in [4.78, 5) is 27.5. The number of nitrogens with zero attached hydrogens (tertiary/aromatic N) is 2. The SMILES string of the molecule is CC(C)NC(=O)C(C)N(CCc1ccccc1)C(=O)CN(c1cc(Cl)c(Cl)cc1Cl)S(C)(=O)=O. The maximum Gasteiger partial charge on any atom is 0.244 e. The second kappa shape index (κ2) is 12.1. The molecule has 2 rings (SSSR count). The van der Waals surface area contributed by atoms with Gasteiger partial charge in [0, 0.05) is 12.6 Å². The summed E-state index contributed by atoms with van der Waals surface area (Å²) < 4.78 is 26.1. The molecule has 34 heavy (non-hydrogen) atoms. The minimum absolute atomic E-state index is 0.0223. The number of halogens is 3. The van der Waals surface area contributed by atoms with E-state index in [1.807, 2.05) is 44.2 Å². The van der Waals surface area contributed by atoms with E-state index in [-0.39, 0.29) is 39.2 Å². The van der Waals surface area contributed by atoms with Crippen LogP contribution in [-0.2, 0) is 26.0 Å². The van der Waals surface area contributed by atoms with Crippen molar-refractivity contribution in [3.05, 3.63) is 63.1 Å². The summed E-state index contributed by atoms with van der Waals surface area (Å²) in [6.45, 7) is 4.89. The lowest BCUT2D eigenvalue weighted by atomic mass is 10.1. The molecule has 0 aliphatic heterocycles. The second-order valence-electron chi connectivity index (χ2n) is 8.15. The highest BCUT2D eigenvalue weighted by molar-refractivity contribution is 7.92. The lowest BCUT2D eigenvalue weighted by molar-refractivity contribution is -0.139. The second-order valence-corrected chi connectivity index (χ2v) is 11.3. The summed E-state index contributed by atoms with van der Waals surface area (Å²) in [5, 5.41) is 3.06. The number of hydrogen-bond acceptors (Lipinski definition) is 4. The topological polar surface area (TPSA) is 86.8 Å². The van der Waals surface area contributed by atoms with Crippen LogP contribution in [0.15, 0.2) is 42.5 Å². The Morgan fingerprint density at radius 3 is 2.12 bits per heavy atom. The Morgan fingerprint density at radius 2 is 1.56 bits per heavy atom. The van der Waals surface area contributed by atoms with Crippen molar-refractivity contribution in [1.29, 1.82) is 0 Å². The zero-order valence-electron chi connectivity index (χ0n) is 19.4. The molecule has 2 aromatic rings. The van der Waals surface area contributed by atoms with Crippen molar-refractivity contribution in [2.45, 2.75) is 39.3 Å². The van der Waals surface area contributed by atoms with Gasteiger partial charge in [-0.15, -0.1) is 0 Å². The highest BCUT2D eigenvalue weighted by Gasteiger charge is 2.31. The fraction of sp³-hybridized carbons (Fsp3) is 0.391. The van der Waals surface area contributed by atoms with Gasteiger partial charge < -0.3 is 10.2 Å². The highest BCUT2D eigenvalue weighted by Crippen LogP contribution is 2.35. The first-order chi connectivity index (χ1) is 15.8. The summed E-state index contributed by atoms with van der Waals surface area (Å²) in [5.41, 5.74) is 0.999. The van der Waals surface area contributed by atoms with Crippen LogP contribution in [0.2, 0.25) is 15.1 Å². The van der Waals surface area contributed by atoms with Crippen LogP contribution in [-0.4, -0.2) is 56.6 Å². The minimum Gasteiger partial charge on any atom is -0.352 e. The van der Waals surface area contributed by atoms with E-state index in [2.05, 4.69) is 5.32 Å². The first kappa shape index (κ1) is 28.2. The lowest BCUT2D eigenvalue weighted by Crippen LogP contribution is -2.53. The van der Waals surface area contributed by atoms with Gasteiger partial charge in [0.25, 0.3) is 0 Å². The Morgan fingerprint density at radius 1 is 0.971 bits per heavy atom. The molecule has 0 aliphatic carbocycles. The Bertz CT molecular complexity index is 1130. The Balaban J connectivity index is 2.38. The zero-order chi connectivity index (χ0) is 25.6. The van der Waals surface area contributed by atoms with Gasteiger partial charge in [-0.3, -0.25) is 13.9 Å². The molecule has 0 radical (unpaired) electrons. The molecule has 0 bridgehead atoms. The van der Waals surface area contributed by atoms with Crippen molar-refractivity contribution >= 4 is 62.3 Å². The number of rotatable bonds is 10. The van der Waals surface area contributed by atoms with E-state index in [1.54, 1.807) is 6.92 Å². The molecule has 0 saturated heterocycles. The number of carbonyl (C=O) groups is 2. The van der Waals surface area contributed by atoms with Gasteiger partial charge in [0.15, 0.2) is 0 Å². The van der Waals surface area contributed by atoms with E-state index in [0.717, 1.165) is 16.1 Å². The molecule has 0 heterocycles. The Kier molecular flexibility index (Phi) is 10.1. The zero-order valence-corrected chi connectivity index (χ0v) is 22.5. The molecule has 0 fully saturated rings. The van der Waals surface area contributed by atoms with Crippen molar-refractivity contribution in [2.75, 3.05) is 23.7 Å². The van der Waals surface area contributed by atoms with Crippen LogP contribution >= 0.6 is 34.8 Å². The molecule has 0 aliphatic rings. The third kappa shape index (κ3) is 7.77. The lowest BCUT2D eigenvalue weighted by Gasteiger charge is -2.32. The summed E-state index contributed by atoms with van der Waals surface area (Å²) in [6, 6.07) is 11.1. The molecule has 2 amide bonds. The van der Waals surface area contributed by atoms with E-state index in [9.17, 15) is 18.0 Å². The Labute approximate surface area is 216 Å². The van der Waals surface area contributed by atoms with Gasteiger partial charge >= 0.3 is 0 Å². The summed E-state index contributed by atoms with van der Waals surface area (Å²) >= 11 is 18.3. The minimum atomic E-state index is -3.93. The molecule has 1 N–H and O–H groups in total. The van der Waals surface area contributed by atoms with Crippen molar-refractivity contribution in [3.8, 4) is 0 Å². The number of carbonyl (C=O) groups excluding carboxylic acids is 2. The number of nitrogens with one attached hydrogen (secondary N) is 1. The average Bonchev–Trinajstić information content (AvgIpc) is 2.74. The monoisotopic (exact) mass is 547 g/mol. The van der Waals surface area contributed by atoms with Crippen LogP contribution in [0.1, 0.15) is 26.3 Å². The van der Waals surface area contributed by atoms with E-state index in [4.69, 9.17) is 34.8 Å². The number of amides is 2. The molecule has 0 saturated carbocycles. The van der Waals surface area contributed by atoms with Crippen LogP contribution < -0.4 is 9.62 Å². The van der Waals surface area contributed by atoms with Crippen molar-refractivity contribution in [3.63, 3.8) is 0 Å². The molecular formula is C23H28Cl3N3O4S. The standard InChI is InChI=1S/C23H28Cl3N3O4S/c1-15(2)27-23(31)16(3)28(11-10-17-8-6-5-7-9-17)22(30)14-29(34(4,32)33)21-13-19(25)18(24)12-20(21)26/h5-9,12-13,15-16H,10-11,14H2,1-4H3,(H,27,31). The molecular weight excluding hydrogens is 521 g/mol. The maximum absolute atomic E-state index is 13.4. The maximum atomic E-state index is 13.4. The molecule has 186 valence electrons. The summed E-state index contributed by atoms with van der Waals surface area (Å²) in [5.74, 6) is -0.898. The van der Waals surface area contributed by atoms with E-state index < -0.39 is 28.5 Å². The van der Waals surface area contributed by atoms with Gasteiger partial charge in [-0.05, 0) is 44.9 Å². The Hall–Kier alpha value is -2.00. The van der Waals surface area contributed by atoms with Gasteiger partial charge in [0.2, 0.25) is 21.8 Å². The normalized spacial score (nSPS) is 12.4. The van der Waals surface area contributed by atoms with Crippen LogP contribution in [0.4, 0.5) is 5.69 Å². The van der Waals surface area contributed by atoms with Gasteiger partial charge in [-0.1, -0.05) is 65.1 Å². The van der Waals surface area contributed by atoms with Gasteiger partial charge in [-0.25, -0.2) is 8.42 Å². The fourth-order valence-electron chi connectivity index (χ4n) is 3.27. The molecule has 11 heteroatoms. The number of sulfonamides is 1. The number of benzene rings is 2. The number of hydrogen-bond donors (Lipinski definition) is 1. The smallest absolute Gasteiger partial charge is 0.244 e. The molecule has 1 unspecified atom stereocenters. The first-order valence-corrected chi connectivity index (χ1v) is 13.6. The summed E-state index contributed by atoms with van der Waals surface area (Å²) in [7, 11) is -3.93. The van der Waals surface area contributed by atoms with Crippen LogP contribution in [0.5, 0.6) is 0 Å². The van der Waals surface area contributed by atoms with Crippen molar-refractivity contribution < 1.29 is 18.0 Å². The van der Waals surface area contributed by atoms with Gasteiger partial charge in [0.1, 0.15) is 12.6 Å². The predicted octanol–water partition coefficient (Wildman–Crippen LogP) is 4.40. The third-order valence-corrected chi connectivity index (χ3v) is 7.17. The van der Waals surface area contributed by atoms with E-state index in [1.165, 1.54) is 17.0 Å². The average molecular weight is 549 g/mol. The van der Waals surface area contributed by atoms with Gasteiger partial charge in [-0.2, -0.15) is 0 Å². The highest BCUT2D eigenvalue weighted by atomic mass is 35.5. The van der Waals surface area contributed by atoms with Crippen LogP contribution in [0.3, 0.4) is 0 Å². The molecule has 7 nitrogen and oxygen atoms in total. The van der Waals surface area contributed by atoms with E-state index >= 15 is 0 Å².